The second kappa shape index (κ2) is 20.9. The van der Waals surface area contributed by atoms with Gasteiger partial charge in [0.1, 0.15) is 17.2 Å². The largest absolute Gasteiger partial charge is 2.00 e. The van der Waals surface area contributed by atoms with E-state index in [1.54, 1.807) is 60.1 Å². The minimum atomic E-state index is -4.50. The van der Waals surface area contributed by atoms with E-state index in [4.69, 9.17) is 14.9 Å². The van der Waals surface area contributed by atoms with Crippen molar-refractivity contribution in [3.63, 3.8) is 0 Å². The number of nitrogens with zero attached hydrogens (tertiary/aromatic N) is 7. The molecule has 0 saturated heterocycles. The second-order valence-electron chi connectivity index (χ2n) is 11.0. The predicted octanol–water partition coefficient (Wildman–Crippen LogP) is 8.49. The Morgan fingerprint density at radius 3 is 1.98 bits per heavy atom. The quantitative estimate of drug-likeness (QED) is 0.0475. The Hall–Kier alpha value is -6.56. The molecule has 0 atom stereocenters. The van der Waals surface area contributed by atoms with Gasteiger partial charge >= 0.3 is 25.7 Å². The molecule has 0 radical (unpaired) electrons. The molecule has 0 aliphatic carbocycles. The maximum atomic E-state index is 12.5. The zero-order valence-electron chi connectivity index (χ0n) is 29.2. The molecule has 284 valence electrons. The number of rotatable bonds is 8. The molecule has 0 bridgehead atoms. The van der Waals surface area contributed by atoms with E-state index in [1.807, 2.05) is 61.5 Å². The van der Waals surface area contributed by atoms with E-state index in [0.29, 0.717) is 47.2 Å². The molecule has 0 amide bonds. The number of hydrogen-bond acceptors (Lipinski definition) is 11. The summed E-state index contributed by atoms with van der Waals surface area (Å²) in [6.45, 7) is 2.70. The molecule has 57 heavy (non-hydrogen) atoms. The number of alkyl halides is 3. The van der Waals surface area contributed by atoms with Crippen LogP contribution in [0.2, 0.25) is 0 Å². The maximum Gasteiger partial charge on any atom is 2.00 e. The number of hydrogen-bond donors (Lipinski definition) is 0. The third kappa shape index (κ3) is 12.5. The molecule has 1 aromatic carbocycles. The minimum absolute atomic E-state index is 0. The van der Waals surface area contributed by atoms with Gasteiger partial charge in [-0.05, 0) is 66.6 Å². The third-order valence-electron chi connectivity index (χ3n) is 7.21. The van der Waals surface area contributed by atoms with Crippen LogP contribution in [-0.4, -0.2) is 43.1 Å². The summed E-state index contributed by atoms with van der Waals surface area (Å²) < 4.78 is 47.5. The van der Waals surface area contributed by atoms with E-state index < -0.39 is 11.9 Å². The monoisotopic (exact) mass is 889 g/mol. The van der Waals surface area contributed by atoms with E-state index >= 15 is 0 Å². The molecule has 6 aromatic heterocycles. The van der Waals surface area contributed by atoms with Gasteiger partial charge < -0.3 is 25.1 Å². The molecule has 7 rings (SSSR count). The normalized spacial score (nSPS) is 10.0. The smallest absolute Gasteiger partial charge is 0.753 e. The summed E-state index contributed by atoms with van der Waals surface area (Å²) in [6.07, 6.45) is 0.176. The van der Waals surface area contributed by atoms with E-state index in [2.05, 4.69) is 54.2 Å². The number of carbonyl (C=O) groups is 2. The first-order valence-electron chi connectivity index (χ1n) is 15.9. The van der Waals surface area contributed by atoms with Crippen molar-refractivity contribution in [2.45, 2.75) is 13.1 Å². The summed E-state index contributed by atoms with van der Waals surface area (Å²) >= 11 is 5.33. The Labute approximate surface area is 345 Å². The van der Waals surface area contributed by atoms with Gasteiger partial charge in [-0.15, -0.1) is 11.3 Å². The molecule has 0 fully saturated rings. The summed E-state index contributed by atoms with van der Waals surface area (Å²) in [7, 11) is 0. The van der Waals surface area contributed by atoms with Crippen molar-refractivity contribution in [1.82, 2.24) is 30.1 Å². The molecule has 11 nitrogen and oxygen atoms in total. The fraction of sp³-hybridized carbons (Fsp3) is 0.0500. The number of carbonyl (C=O) groups excluding carboxylic acids is 2. The fourth-order valence-electron chi connectivity index (χ4n) is 4.79. The Morgan fingerprint density at radius 1 is 0.737 bits per heavy atom. The van der Waals surface area contributed by atoms with Crippen LogP contribution in [0.3, 0.4) is 0 Å². The summed E-state index contributed by atoms with van der Waals surface area (Å²) in [6, 6.07) is 27.8. The number of ether oxygens (including phenoxy) is 2. The van der Waals surface area contributed by atoms with Crippen molar-refractivity contribution in [2.75, 3.05) is 0 Å². The first-order valence-corrected chi connectivity index (χ1v) is 17.2. The topological polar surface area (TPSA) is 153 Å². The van der Waals surface area contributed by atoms with Gasteiger partial charge in [-0.2, -0.15) is 18.3 Å². The number of thiocarbonyl (C=S) groups is 1. The average molecular weight is 889 g/mol. The molecule has 0 saturated carbocycles. The molecule has 17 heteroatoms. The molecule has 0 unspecified atom stereocenters. The van der Waals surface area contributed by atoms with Crippen LogP contribution in [0.15, 0.2) is 116 Å². The van der Waals surface area contributed by atoms with Crippen molar-refractivity contribution in [1.29, 1.82) is 0 Å². The Morgan fingerprint density at radius 2 is 1.35 bits per heavy atom. The third-order valence-corrected chi connectivity index (χ3v) is 8.13. The molecule has 0 spiro atoms. The van der Waals surface area contributed by atoms with Crippen LogP contribution in [0.4, 0.5) is 13.2 Å². The van der Waals surface area contributed by atoms with Gasteiger partial charge in [0, 0.05) is 52.9 Å². The van der Waals surface area contributed by atoms with E-state index in [1.165, 1.54) is 16.2 Å². The Balaban J connectivity index is 0.000000249. The van der Waals surface area contributed by atoms with Crippen molar-refractivity contribution < 1.29 is 51.7 Å². The van der Waals surface area contributed by atoms with Crippen LogP contribution in [-0.2, 0) is 35.2 Å². The van der Waals surface area contributed by atoms with Crippen LogP contribution in [0.5, 0.6) is 11.5 Å². The first-order chi connectivity index (χ1) is 27.1. The number of thiophene rings is 1. The van der Waals surface area contributed by atoms with E-state index in [9.17, 15) is 22.8 Å². The maximum absolute atomic E-state index is 12.5. The van der Waals surface area contributed by atoms with Gasteiger partial charge in [0.25, 0.3) is 12.9 Å². The molecule has 0 aliphatic rings. The molecule has 0 N–H and O–H groups in total. The second-order valence-corrected chi connectivity index (χ2v) is 12.4. The molecule has 7 aromatic rings. The number of isothiocyanates is 1. The van der Waals surface area contributed by atoms with E-state index in [-0.39, 0.29) is 30.9 Å². The minimum Gasteiger partial charge on any atom is -0.753 e. The predicted molar refractivity (Wildman–Crippen MR) is 206 cm³/mol. The fourth-order valence-corrected chi connectivity index (χ4v) is 5.52. The molecular weight excluding hydrogens is 865 g/mol. The first kappa shape index (κ1) is 43.2. The zero-order valence-corrected chi connectivity index (χ0v) is 32.6. The molecule has 0 aliphatic heterocycles. The molecular formula is C40H24F3N7O4RuS2. The summed E-state index contributed by atoms with van der Waals surface area (Å²) in [5.41, 5.74) is 3.92. The number of benzene rings is 1. The Bertz CT molecular complexity index is 2550. The summed E-state index contributed by atoms with van der Waals surface area (Å²) in [5, 5.41) is 15.2. The average Bonchev–Trinajstić information content (AvgIpc) is 3.89. The van der Waals surface area contributed by atoms with Gasteiger partial charge in [0.2, 0.25) is 0 Å². The van der Waals surface area contributed by atoms with E-state index in [0.717, 1.165) is 27.6 Å². The van der Waals surface area contributed by atoms with Crippen LogP contribution in [0.25, 0.3) is 50.7 Å². The van der Waals surface area contributed by atoms with Crippen molar-refractivity contribution in [3.8, 4) is 68.6 Å². The van der Waals surface area contributed by atoms with Gasteiger partial charge in [0.15, 0.2) is 0 Å². The van der Waals surface area contributed by atoms with Gasteiger partial charge in [-0.25, -0.2) is 4.98 Å². The van der Waals surface area contributed by atoms with Gasteiger partial charge in [-0.1, -0.05) is 60.1 Å². The zero-order chi connectivity index (χ0) is 39.9. The van der Waals surface area contributed by atoms with Crippen molar-refractivity contribution in [2.24, 2.45) is 0 Å². The summed E-state index contributed by atoms with van der Waals surface area (Å²) in [4.78, 5) is 41.1. The van der Waals surface area contributed by atoms with Gasteiger partial charge in [-0.3, -0.25) is 24.5 Å². The van der Waals surface area contributed by atoms with Crippen LogP contribution >= 0.6 is 23.6 Å². The van der Waals surface area contributed by atoms with Crippen LogP contribution < -0.4 is 14.6 Å². The van der Waals surface area contributed by atoms with Crippen molar-refractivity contribution >= 4 is 41.7 Å². The number of aryl methyl sites for hydroxylation is 1. The summed E-state index contributed by atoms with van der Waals surface area (Å²) in [5.74, 6) is 6.87. The van der Waals surface area contributed by atoms with Gasteiger partial charge in [0.05, 0.1) is 27.7 Å². The number of pyridine rings is 4. The SMILES string of the molecule is Cc1ccc(C#Cc2ccnc(-c3cc(OC=O)cc(-c4cc(OC=O)ccn4)n3)c2)s1.FC(F)(F)c1cc(-c2cc(-c3ccccc3)ccn2)[n-]n1.[N-]=C=S.[Ru+2]. The number of aromatic nitrogens is 6. The van der Waals surface area contributed by atoms with Crippen molar-refractivity contribution in [3.05, 3.63) is 142 Å². The number of halogens is 3. The standard InChI is InChI=1S/C24H15N3O4S.C15H9F3N3.CNS.Ru/c1-16-2-4-20(32-16)5-3-17-6-8-25-21(10-17)23-12-19(31-15-29)13-24(27-23)22-11-18(30-14-28)7-9-26-22;16-15(17,18)14-9-13(20-21-14)12-8-11(6-7-19-12)10-4-2-1-3-5-10;2-1-3;/h2,4,6-15H,1H3;1-9H;;/q;2*-1;+2. The van der Waals surface area contributed by atoms with Crippen LogP contribution in [0, 0.1) is 18.8 Å². The Kier molecular flexibility index (Phi) is 15.9. The van der Waals surface area contributed by atoms with Crippen LogP contribution in [0.1, 0.15) is 21.0 Å². The molecule has 6 heterocycles.